The number of nitrogens with one attached hydrogen (secondary N) is 1. The van der Waals surface area contributed by atoms with Crippen LogP contribution in [0.3, 0.4) is 0 Å². The van der Waals surface area contributed by atoms with Gasteiger partial charge in [-0.1, -0.05) is 58.4 Å². The van der Waals surface area contributed by atoms with Crippen molar-refractivity contribution in [1.82, 2.24) is 5.32 Å². The Kier molecular flexibility index (Phi) is 6.55. The molecule has 2 N–H and O–H groups in total. The minimum atomic E-state index is -0.905. The number of carbonyl (C=O) groups excluding carboxylic acids is 1. The maximum Gasteiger partial charge on any atom is 0.303 e. The average molecular weight is 390 g/mol. The summed E-state index contributed by atoms with van der Waals surface area (Å²) >= 11 is 3.38. The van der Waals surface area contributed by atoms with E-state index in [2.05, 4.69) is 21.2 Å². The lowest BCUT2D eigenvalue weighted by Gasteiger charge is -2.18. The smallest absolute Gasteiger partial charge is 0.303 e. The number of amides is 1. The highest BCUT2D eigenvalue weighted by atomic mass is 79.9. The van der Waals surface area contributed by atoms with Crippen LogP contribution in [0.2, 0.25) is 0 Å². The summed E-state index contributed by atoms with van der Waals surface area (Å²) in [6.45, 7) is 1.91. The number of carbonyl (C=O) groups is 2. The topological polar surface area (TPSA) is 66.4 Å². The molecule has 4 nitrogen and oxygen atoms in total. The maximum atomic E-state index is 12.3. The fourth-order valence-electron chi connectivity index (χ4n) is 2.60. The Morgan fingerprint density at radius 3 is 2.21 bits per heavy atom. The first-order valence-electron chi connectivity index (χ1n) is 7.77. The van der Waals surface area contributed by atoms with E-state index >= 15 is 0 Å². The second-order valence-corrected chi connectivity index (χ2v) is 6.67. The monoisotopic (exact) mass is 389 g/mol. The van der Waals surface area contributed by atoms with Crippen LogP contribution in [-0.4, -0.2) is 17.0 Å². The van der Waals surface area contributed by atoms with E-state index in [1.807, 2.05) is 61.5 Å². The first-order valence-corrected chi connectivity index (χ1v) is 8.56. The number of carboxylic acid groups (broad SMARTS) is 1. The molecule has 126 valence electrons. The van der Waals surface area contributed by atoms with Gasteiger partial charge in [0.1, 0.15) is 0 Å². The summed E-state index contributed by atoms with van der Waals surface area (Å²) in [4.78, 5) is 23.4. The number of rotatable bonds is 7. The predicted octanol–water partition coefficient (Wildman–Crippen LogP) is 4.27. The van der Waals surface area contributed by atoms with Crippen molar-refractivity contribution < 1.29 is 14.7 Å². The van der Waals surface area contributed by atoms with Crippen LogP contribution in [0.1, 0.15) is 42.9 Å². The number of hydrogen-bond donors (Lipinski definition) is 2. The Hall–Kier alpha value is -2.14. The fourth-order valence-corrected chi connectivity index (χ4v) is 2.87. The van der Waals surface area contributed by atoms with Gasteiger partial charge in [-0.05, 0) is 30.2 Å². The Morgan fingerprint density at radius 1 is 1.00 bits per heavy atom. The summed E-state index contributed by atoms with van der Waals surface area (Å²) in [6.07, 6.45) is 0.0846. The van der Waals surface area contributed by atoms with Crippen molar-refractivity contribution in [2.24, 2.45) is 0 Å². The van der Waals surface area contributed by atoms with Gasteiger partial charge in [-0.25, -0.2) is 0 Å². The van der Waals surface area contributed by atoms with Gasteiger partial charge in [0.05, 0.1) is 12.5 Å². The number of aliphatic carboxylic acids is 1. The molecule has 0 unspecified atom stereocenters. The first-order chi connectivity index (χ1) is 11.5. The Balaban J connectivity index is 2.02. The van der Waals surface area contributed by atoms with Crippen LogP contribution >= 0.6 is 15.9 Å². The summed E-state index contributed by atoms with van der Waals surface area (Å²) in [5.41, 5.74) is 1.87. The zero-order chi connectivity index (χ0) is 17.5. The minimum absolute atomic E-state index is 0.0654. The molecule has 2 rings (SSSR count). The zero-order valence-corrected chi connectivity index (χ0v) is 15.0. The highest BCUT2D eigenvalue weighted by molar-refractivity contribution is 9.10. The minimum Gasteiger partial charge on any atom is -0.481 e. The zero-order valence-electron chi connectivity index (χ0n) is 13.4. The largest absolute Gasteiger partial charge is 0.481 e. The molecular weight excluding hydrogens is 370 g/mol. The van der Waals surface area contributed by atoms with Crippen molar-refractivity contribution >= 4 is 27.8 Å². The normalized spacial score (nSPS) is 13.1. The lowest BCUT2D eigenvalue weighted by molar-refractivity contribution is -0.137. The van der Waals surface area contributed by atoms with Crippen molar-refractivity contribution in [3.63, 3.8) is 0 Å². The van der Waals surface area contributed by atoms with Gasteiger partial charge in [-0.2, -0.15) is 0 Å². The SMILES string of the molecule is C[C@H](NC(=O)C[C@H](CC(=O)O)c1ccccc1)c1ccc(Br)cc1. The van der Waals surface area contributed by atoms with Gasteiger partial charge in [0, 0.05) is 16.8 Å². The van der Waals surface area contributed by atoms with Gasteiger partial charge < -0.3 is 10.4 Å². The molecule has 0 aliphatic carbocycles. The van der Waals surface area contributed by atoms with E-state index in [-0.39, 0.29) is 30.7 Å². The van der Waals surface area contributed by atoms with Crippen molar-refractivity contribution in [3.8, 4) is 0 Å². The van der Waals surface area contributed by atoms with E-state index in [9.17, 15) is 9.59 Å². The lowest BCUT2D eigenvalue weighted by Crippen LogP contribution is -2.28. The Labute approximate surface area is 150 Å². The third-order valence-electron chi connectivity index (χ3n) is 3.87. The second kappa shape index (κ2) is 8.64. The molecule has 0 heterocycles. The van der Waals surface area contributed by atoms with E-state index in [0.29, 0.717) is 0 Å². The highest BCUT2D eigenvalue weighted by Gasteiger charge is 2.20. The van der Waals surface area contributed by atoms with Gasteiger partial charge >= 0.3 is 5.97 Å². The van der Waals surface area contributed by atoms with Crippen LogP contribution in [0.15, 0.2) is 59.1 Å². The molecule has 1 amide bonds. The molecule has 24 heavy (non-hydrogen) atoms. The molecule has 5 heteroatoms. The average Bonchev–Trinajstić information content (AvgIpc) is 2.55. The van der Waals surface area contributed by atoms with E-state index in [0.717, 1.165) is 15.6 Å². The van der Waals surface area contributed by atoms with Crippen LogP contribution in [0, 0.1) is 0 Å². The summed E-state index contributed by atoms with van der Waals surface area (Å²) < 4.78 is 0.982. The van der Waals surface area contributed by atoms with Crippen LogP contribution in [-0.2, 0) is 9.59 Å². The quantitative estimate of drug-likeness (QED) is 0.742. The molecule has 2 atom stereocenters. The standard InChI is InChI=1S/C19H20BrNO3/c1-13(14-7-9-17(20)10-8-14)21-18(22)11-16(12-19(23)24)15-5-3-2-4-6-15/h2-10,13,16H,11-12H2,1H3,(H,21,22)(H,23,24)/t13-,16+/m0/s1. The molecule has 0 saturated heterocycles. The number of halogens is 1. The van der Waals surface area contributed by atoms with Gasteiger partial charge in [-0.3, -0.25) is 9.59 Å². The predicted molar refractivity (Wildman–Crippen MR) is 96.8 cm³/mol. The number of benzene rings is 2. The first kappa shape index (κ1) is 18.2. The molecule has 0 radical (unpaired) electrons. The Morgan fingerprint density at radius 2 is 1.62 bits per heavy atom. The molecule has 0 fully saturated rings. The third-order valence-corrected chi connectivity index (χ3v) is 4.40. The molecule has 2 aromatic carbocycles. The van der Waals surface area contributed by atoms with E-state index in [1.54, 1.807) is 0 Å². The summed E-state index contributed by atoms with van der Waals surface area (Å²) in [5, 5.41) is 12.0. The highest BCUT2D eigenvalue weighted by Crippen LogP contribution is 2.24. The van der Waals surface area contributed by atoms with Crippen LogP contribution < -0.4 is 5.32 Å². The van der Waals surface area contributed by atoms with Crippen molar-refractivity contribution in [2.45, 2.75) is 31.7 Å². The summed E-state index contributed by atoms with van der Waals surface area (Å²) in [6, 6.07) is 16.9. The van der Waals surface area contributed by atoms with Crippen LogP contribution in [0.25, 0.3) is 0 Å². The Bertz CT molecular complexity index is 686. The van der Waals surface area contributed by atoms with E-state index in [4.69, 9.17) is 5.11 Å². The van der Waals surface area contributed by atoms with Crippen molar-refractivity contribution in [2.75, 3.05) is 0 Å². The molecule has 0 aliphatic heterocycles. The van der Waals surface area contributed by atoms with Crippen molar-refractivity contribution in [1.29, 1.82) is 0 Å². The molecule has 2 aromatic rings. The molecule has 0 saturated carbocycles. The van der Waals surface area contributed by atoms with Crippen molar-refractivity contribution in [3.05, 3.63) is 70.2 Å². The molecule has 0 aromatic heterocycles. The molecule has 0 bridgehead atoms. The van der Waals surface area contributed by atoms with Crippen LogP contribution in [0.5, 0.6) is 0 Å². The van der Waals surface area contributed by atoms with E-state index < -0.39 is 5.97 Å². The lowest BCUT2D eigenvalue weighted by atomic mass is 9.92. The molecule has 0 aliphatic rings. The number of hydrogen-bond acceptors (Lipinski definition) is 2. The molecule has 0 spiro atoms. The van der Waals surface area contributed by atoms with Gasteiger partial charge in [0.15, 0.2) is 0 Å². The van der Waals surface area contributed by atoms with Crippen LogP contribution in [0.4, 0.5) is 0 Å². The maximum absolute atomic E-state index is 12.3. The molecular formula is C19H20BrNO3. The van der Waals surface area contributed by atoms with E-state index in [1.165, 1.54) is 0 Å². The summed E-state index contributed by atoms with van der Waals surface area (Å²) in [7, 11) is 0. The van der Waals surface area contributed by atoms with Gasteiger partial charge in [-0.15, -0.1) is 0 Å². The summed E-state index contributed by atoms with van der Waals surface area (Å²) in [5.74, 6) is -1.39. The van der Waals surface area contributed by atoms with Gasteiger partial charge in [0.25, 0.3) is 0 Å². The number of carboxylic acids is 1. The fraction of sp³-hybridized carbons (Fsp3) is 0.263. The van der Waals surface area contributed by atoms with Gasteiger partial charge in [0.2, 0.25) is 5.91 Å². The third kappa shape index (κ3) is 5.49. The second-order valence-electron chi connectivity index (χ2n) is 5.75.